The van der Waals surface area contributed by atoms with Crippen LogP contribution in [0.1, 0.15) is 21.6 Å². The average molecular weight is 396 g/mol. The summed E-state index contributed by atoms with van der Waals surface area (Å²) in [5.41, 5.74) is 3.13. The second-order valence-corrected chi connectivity index (χ2v) is 6.45. The molecule has 0 radical (unpaired) electrons. The van der Waals surface area contributed by atoms with Gasteiger partial charge in [-0.25, -0.2) is 4.98 Å². The normalized spacial score (nSPS) is 12.7. The number of nitrogens with one attached hydrogen (secondary N) is 1. The molecular weight excluding hydrogens is 378 g/mol. The van der Waals surface area contributed by atoms with Gasteiger partial charge in [0.1, 0.15) is 11.6 Å². The van der Waals surface area contributed by atoms with E-state index in [4.69, 9.17) is 0 Å². The van der Waals surface area contributed by atoms with Crippen LogP contribution >= 0.6 is 0 Å². The molecule has 1 aromatic carbocycles. The van der Waals surface area contributed by atoms with Crippen LogP contribution in [0.15, 0.2) is 60.9 Å². The number of para-hydroxylation sites is 1. The number of pyridine rings is 2. The topological polar surface area (TPSA) is 67.3 Å². The van der Waals surface area contributed by atoms with E-state index in [0.717, 1.165) is 17.7 Å². The average Bonchev–Trinajstić information content (AvgIpc) is 3.17. The van der Waals surface area contributed by atoms with Gasteiger partial charge in [0.25, 0.3) is 5.91 Å². The van der Waals surface area contributed by atoms with Crippen LogP contribution in [0, 0.1) is 0 Å². The third kappa shape index (κ3) is 4.16. The molecule has 6 nitrogen and oxygen atoms in total. The molecule has 1 aliphatic heterocycles. The van der Waals surface area contributed by atoms with E-state index in [2.05, 4.69) is 20.0 Å². The van der Waals surface area contributed by atoms with Gasteiger partial charge in [-0.1, -0.05) is 18.2 Å². The first-order chi connectivity index (χ1) is 14.1. The molecule has 8 heteroatoms. The highest BCUT2D eigenvalue weighted by atomic mass is 19.3. The molecule has 1 aliphatic rings. The minimum Gasteiger partial charge on any atom is -0.433 e. The number of alkyl halides is 2. The van der Waals surface area contributed by atoms with Gasteiger partial charge in [0.2, 0.25) is 0 Å². The van der Waals surface area contributed by atoms with Gasteiger partial charge in [0.15, 0.2) is 0 Å². The third-order valence-corrected chi connectivity index (χ3v) is 4.63. The van der Waals surface area contributed by atoms with Crippen molar-refractivity contribution in [3.05, 3.63) is 77.7 Å². The molecule has 4 rings (SSSR count). The fraction of sp³-hybridized carbons (Fsp3) is 0.190. The molecular formula is C21H18F2N4O2. The van der Waals surface area contributed by atoms with Crippen molar-refractivity contribution in [1.82, 2.24) is 9.97 Å². The van der Waals surface area contributed by atoms with Crippen LogP contribution in [-0.2, 0) is 13.0 Å². The van der Waals surface area contributed by atoms with Gasteiger partial charge in [0.05, 0.1) is 24.0 Å². The van der Waals surface area contributed by atoms with E-state index in [-0.39, 0.29) is 18.2 Å². The summed E-state index contributed by atoms with van der Waals surface area (Å²) in [7, 11) is 0. The van der Waals surface area contributed by atoms with Gasteiger partial charge >= 0.3 is 6.61 Å². The van der Waals surface area contributed by atoms with Crippen LogP contribution in [0.5, 0.6) is 5.75 Å². The maximum Gasteiger partial charge on any atom is 0.387 e. The first-order valence-corrected chi connectivity index (χ1v) is 9.10. The van der Waals surface area contributed by atoms with Gasteiger partial charge < -0.3 is 15.0 Å². The summed E-state index contributed by atoms with van der Waals surface area (Å²) in [6.07, 6.45) is 3.65. The highest BCUT2D eigenvalue weighted by Gasteiger charge is 2.27. The smallest absolute Gasteiger partial charge is 0.387 e. The summed E-state index contributed by atoms with van der Waals surface area (Å²) in [6.45, 7) is -1.98. The minimum absolute atomic E-state index is 0.00912. The first-order valence-electron chi connectivity index (χ1n) is 9.10. The second-order valence-electron chi connectivity index (χ2n) is 6.45. The highest BCUT2D eigenvalue weighted by Crippen LogP contribution is 2.30. The Morgan fingerprint density at radius 3 is 2.79 bits per heavy atom. The number of nitrogens with zero attached hydrogens (tertiary/aromatic N) is 3. The predicted octanol–water partition coefficient (Wildman–Crippen LogP) is 3.89. The lowest BCUT2D eigenvalue weighted by atomic mass is 10.1. The number of anilines is 2. The van der Waals surface area contributed by atoms with Crippen molar-refractivity contribution in [3.63, 3.8) is 0 Å². The largest absolute Gasteiger partial charge is 0.433 e. The molecule has 0 fully saturated rings. The van der Waals surface area contributed by atoms with Gasteiger partial charge in [-0.3, -0.25) is 9.78 Å². The van der Waals surface area contributed by atoms with Gasteiger partial charge in [-0.15, -0.1) is 0 Å². The zero-order valence-electron chi connectivity index (χ0n) is 15.4. The maximum absolute atomic E-state index is 13.1. The monoisotopic (exact) mass is 396 g/mol. The summed E-state index contributed by atoms with van der Waals surface area (Å²) in [4.78, 5) is 23.3. The molecule has 0 spiro atoms. The quantitative estimate of drug-likeness (QED) is 0.685. The zero-order chi connectivity index (χ0) is 20.2. The minimum atomic E-state index is -2.89. The molecule has 0 saturated heterocycles. The summed E-state index contributed by atoms with van der Waals surface area (Å²) < 4.78 is 28.7. The number of carbonyl (C=O) groups is 1. The molecule has 3 aromatic rings. The van der Waals surface area contributed by atoms with Crippen LogP contribution in [0.3, 0.4) is 0 Å². The van der Waals surface area contributed by atoms with Crippen molar-refractivity contribution in [3.8, 4) is 5.75 Å². The molecule has 0 aliphatic carbocycles. The Bertz CT molecular complexity index is 1010. The lowest BCUT2D eigenvalue weighted by molar-refractivity contribution is -0.0500. The van der Waals surface area contributed by atoms with Gasteiger partial charge in [0, 0.05) is 18.4 Å². The number of benzene rings is 1. The fourth-order valence-corrected chi connectivity index (χ4v) is 3.28. The molecule has 148 valence electrons. The van der Waals surface area contributed by atoms with E-state index in [1.807, 2.05) is 24.3 Å². The van der Waals surface area contributed by atoms with Crippen molar-refractivity contribution >= 4 is 17.4 Å². The molecule has 2 aromatic heterocycles. The lowest BCUT2D eigenvalue weighted by Crippen LogP contribution is -2.29. The van der Waals surface area contributed by atoms with E-state index >= 15 is 0 Å². The van der Waals surface area contributed by atoms with Crippen LogP contribution in [-0.4, -0.2) is 29.0 Å². The highest BCUT2D eigenvalue weighted by molar-refractivity contribution is 6.10. The van der Waals surface area contributed by atoms with Crippen LogP contribution in [0.2, 0.25) is 0 Å². The Hall–Kier alpha value is -3.55. The Balaban J connectivity index is 1.48. The number of ether oxygens (including phenoxy) is 1. The zero-order valence-corrected chi connectivity index (χ0v) is 15.4. The standard InChI is InChI=1S/C21H18F2N4O2/c22-21(23)29-16-8-7-15(25-13-16)12-26-19-17(5-3-10-24-19)20(28)27-11-9-14-4-1-2-6-18(14)27/h1-8,10,13,21H,9,11-12H2,(H,24,26). The predicted molar refractivity (Wildman–Crippen MR) is 104 cm³/mol. The molecule has 3 heterocycles. The number of aromatic nitrogens is 2. The Morgan fingerprint density at radius 2 is 2.00 bits per heavy atom. The number of halogens is 2. The van der Waals surface area contributed by atoms with Crippen molar-refractivity contribution in [2.75, 3.05) is 16.8 Å². The number of hydrogen-bond acceptors (Lipinski definition) is 5. The number of fused-ring (bicyclic) bond motifs is 1. The van der Waals surface area contributed by atoms with Crippen molar-refractivity contribution in [2.45, 2.75) is 19.6 Å². The van der Waals surface area contributed by atoms with Crippen LogP contribution in [0.4, 0.5) is 20.3 Å². The number of carbonyl (C=O) groups excluding carboxylic acids is 1. The van der Waals surface area contributed by atoms with E-state index in [1.165, 1.54) is 12.3 Å². The second kappa shape index (κ2) is 8.22. The van der Waals surface area contributed by atoms with Crippen molar-refractivity contribution < 1.29 is 18.3 Å². The van der Waals surface area contributed by atoms with Gasteiger partial charge in [-0.05, 0) is 42.3 Å². The van der Waals surface area contributed by atoms with E-state index in [0.29, 0.717) is 23.6 Å². The number of hydrogen-bond donors (Lipinski definition) is 1. The van der Waals surface area contributed by atoms with Gasteiger partial charge in [-0.2, -0.15) is 8.78 Å². The summed E-state index contributed by atoms with van der Waals surface area (Å²) in [5, 5.41) is 3.11. The van der Waals surface area contributed by atoms with E-state index in [1.54, 1.807) is 29.3 Å². The summed E-state index contributed by atoms with van der Waals surface area (Å²) in [5.74, 6) is 0.306. The number of amides is 1. The molecule has 0 atom stereocenters. The Kier molecular flexibility index (Phi) is 5.33. The molecule has 1 N–H and O–H groups in total. The molecule has 0 unspecified atom stereocenters. The first kappa shape index (κ1) is 18.8. The maximum atomic E-state index is 13.1. The molecule has 0 saturated carbocycles. The Labute approximate surface area is 166 Å². The summed E-state index contributed by atoms with van der Waals surface area (Å²) >= 11 is 0. The number of rotatable bonds is 6. The Morgan fingerprint density at radius 1 is 1.14 bits per heavy atom. The summed E-state index contributed by atoms with van der Waals surface area (Å²) in [6, 6.07) is 14.3. The van der Waals surface area contributed by atoms with Crippen LogP contribution < -0.4 is 15.0 Å². The molecule has 1 amide bonds. The lowest BCUT2D eigenvalue weighted by Gasteiger charge is -2.19. The third-order valence-electron chi connectivity index (χ3n) is 4.63. The van der Waals surface area contributed by atoms with Crippen LogP contribution in [0.25, 0.3) is 0 Å². The SMILES string of the molecule is O=C(c1cccnc1NCc1ccc(OC(F)F)cn1)N1CCc2ccccc21. The van der Waals surface area contributed by atoms with Crippen molar-refractivity contribution in [2.24, 2.45) is 0 Å². The molecule has 0 bridgehead atoms. The van der Waals surface area contributed by atoms with E-state index < -0.39 is 6.61 Å². The molecule has 29 heavy (non-hydrogen) atoms. The van der Waals surface area contributed by atoms with Crippen molar-refractivity contribution in [1.29, 1.82) is 0 Å². The fourth-order valence-electron chi connectivity index (χ4n) is 3.28. The van der Waals surface area contributed by atoms with E-state index in [9.17, 15) is 13.6 Å².